The lowest BCUT2D eigenvalue weighted by molar-refractivity contribution is 0.00835. The molecule has 0 N–H and O–H groups in total. The Kier molecular flexibility index (Phi) is 4.03. The van der Waals surface area contributed by atoms with Crippen LogP contribution in [0.5, 0.6) is 0 Å². The van der Waals surface area contributed by atoms with Gasteiger partial charge in [-0.1, -0.05) is 73.8 Å². The molecule has 2 aromatic rings. The Hall–Kier alpha value is -2.12. The van der Waals surface area contributed by atoms with Gasteiger partial charge in [-0.15, -0.1) is 0 Å². The Balaban J connectivity index is 1.93. The largest absolute Gasteiger partial charge is 0.361 e. The molecule has 106 valence electrons. The van der Waals surface area contributed by atoms with Gasteiger partial charge in [-0.2, -0.15) is 0 Å². The highest BCUT2D eigenvalue weighted by atomic mass is 16.5. The number of benzene rings is 2. The molecule has 1 fully saturated rings. The van der Waals surface area contributed by atoms with Crippen molar-refractivity contribution in [1.29, 1.82) is 0 Å². The fourth-order valence-corrected chi connectivity index (χ4v) is 2.79. The smallest absolute Gasteiger partial charge is 0.108 e. The van der Waals surface area contributed by atoms with Crippen molar-refractivity contribution >= 4 is 0 Å². The third-order valence-corrected chi connectivity index (χ3v) is 4.05. The van der Waals surface area contributed by atoms with E-state index in [4.69, 9.17) is 4.74 Å². The van der Waals surface area contributed by atoms with Gasteiger partial charge in [-0.25, -0.2) is 0 Å². The summed E-state index contributed by atoms with van der Waals surface area (Å²) in [5.41, 5.74) is 4.47. The molecule has 0 aromatic heterocycles. The molecule has 0 unspecified atom stereocenters. The molecule has 0 radical (unpaired) electrons. The van der Waals surface area contributed by atoms with Crippen molar-refractivity contribution in [3.8, 4) is 0 Å². The third-order valence-electron chi connectivity index (χ3n) is 4.05. The highest BCUT2D eigenvalue weighted by Crippen LogP contribution is 2.41. The average Bonchev–Trinajstić information content (AvgIpc) is 2.69. The van der Waals surface area contributed by atoms with Gasteiger partial charge < -0.3 is 4.74 Å². The van der Waals surface area contributed by atoms with E-state index in [-0.39, 0.29) is 12.2 Å². The second-order valence-corrected chi connectivity index (χ2v) is 5.49. The molecule has 1 saturated heterocycles. The van der Waals surface area contributed by atoms with Crippen LogP contribution in [0.3, 0.4) is 0 Å². The molecule has 1 heterocycles. The summed E-state index contributed by atoms with van der Waals surface area (Å²) in [7, 11) is 0. The van der Waals surface area contributed by atoms with E-state index < -0.39 is 0 Å². The highest BCUT2D eigenvalue weighted by Gasteiger charge is 2.27. The van der Waals surface area contributed by atoms with Crippen LogP contribution in [-0.2, 0) is 4.74 Å². The zero-order chi connectivity index (χ0) is 14.7. The molecule has 1 nitrogen and oxygen atoms in total. The molecule has 1 aliphatic rings. The van der Waals surface area contributed by atoms with Crippen molar-refractivity contribution in [2.75, 3.05) is 0 Å². The standard InChI is InChI=1S/C20H20O/c1-15-13-14-19(17-9-5-3-6-10-17)21-20(16(15)2)18-11-7-4-8-12-18/h3-12,19-20H,1-2,13-14H2/t19-,20+/m0/s1. The molecule has 1 heteroatoms. The Morgan fingerprint density at radius 3 is 2.00 bits per heavy atom. The van der Waals surface area contributed by atoms with Crippen molar-refractivity contribution in [3.05, 3.63) is 96.1 Å². The van der Waals surface area contributed by atoms with Crippen molar-refractivity contribution in [3.63, 3.8) is 0 Å². The minimum atomic E-state index is -0.105. The van der Waals surface area contributed by atoms with Crippen LogP contribution in [0.25, 0.3) is 0 Å². The molecule has 0 amide bonds. The summed E-state index contributed by atoms with van der Waals surface area (Å²) >= 11 is 0. The fraction of sp³-hybridized carbons (Fsp3) is 0.200. The molecule has 0 spiro atoms. The van der Waals surface area contributed by atoms with Gasteiger partial charge in [-0.3, -0.25) is 0 Å². The van der Waals surface area contributed by atoms with Gasteiger partial charge in [-0.05, 0) is 35.1 Å². The van der Waals surface area contributed by atoms with Crippen LogP contribution in [0.1, 0.15) is 36.2 Å². The summed E-state index contributed by atoms with van der Waals surface area (Å²) in [6.07, 6.45) is 1.87. The van der Waals surface area contributed by atoms with Crippen LogP contribution in [0.15, 0.2) is 85.0 Å². The molecule has 0 bridgehead atoms. The van der Waals surface area contributed by atoms with Gasteiger partial charge in [0.2, 0.25) is 0 Å². The summed E-state index contributed by atoms with van der Waals surface area (Å²) in [4.78, 5) is 0. The van der Waals surface area contributed by atoms with Crippen LogP contribution >= 0.6 is 0 Å². The van der Waals surface area contributed by atoms with Crippen molar-refractivity contribution in [2.24, 2.45) is 0 Å². The minimum Gasteiger partial charge on any atom is -0.361 e. The van der Waals surface area contributed by atoms with Crippen molar-refractivity contribution in [2.45, 2.75) is 25.0 Å². The van der Waals surface area contributed by atoms with E-state index in [2.05, 4.69) is 49.6 Å². The lowest BCUT2D eigenvalue weighted by atomic mass is 9.95. The van der Waals surface area contributed by atoms with E-state index in [0.29, 0.717) is 0 Å². The number of hydrogen-bond acceptors (Lipinski definition) is 1. The average molecular weight is 276 g/mol. The maximum atomic E-state index is 6.41. The molecular formula is C20H20O. The second kappa shape index (κ2) is 6.11. The summed E-state index contributed by atoms with van der Waals surface area (Å²) < 4.78 is 6.41. The zero-order valence-electron chi connectivity index (χ0n) is 12.2. The quantitative estimate of drug-likeness (QED) is 0.714. The van der Waals surface area contributed by atoms with Gasteiger partial charge >= 0.3 is 0 Å². The lowest BCUT2D eigenvalue weighted by Gasteiger charge is -2.23. The SMILES string of the molecule is C=C1CC[C@@H](c2ccccc2)O[C@@H](c2ccccc2)C1=C. The Morgan fingerprint density at radius 1 is 0.810 bits per heavy atom. The summed E-state index contributed by atoms with van der Waals surface area (Å²) in [6, 6.07) is 20.7. The first kappa shape index (κ1) is 13.8. The number of ether oxygens (including phenoxy) is 1. The van der Waals surface area contributed by atoms with Crippen molar-refractivity contribution < 1.29 is 4.74 Å². The predicted molar refractivity (Wildman–Crippen MR) is 87.0 cm³/mol. The first-order valence-electron chi connectivity index (χ1n) is 7.38. The Bertz CT molecular complexity index is 627. The molecule has 1 aliphatic heterocycles. The maximum Gasteiger partial charge on any atom is 0.108 e. The van der Waals surface area contributed by atoms with Gasteiger partial charge in [0.05, 0.1) is 6.10 Å². The molecule has 0 aliphatic carbocycles. The van der Waals surface area contributed by atoms with Gasteiger partial charge in [0.25, 0.3) is 0 Å². The van der Waals surface area contributed by atoms with E-state index in [0.717, 1.165) is 29.6 Å². The first-order valence-corrected chi connectivity index (χ1v) is 7.38. The lowest BCUT2D eigenvalue weighted by Crippen LogP contribution is -2.09. The van der Waals surface area contributed by atoms with E-state index >= 15 is 0 Å². The maximum absolute atomic E-state index is 6.41. The molecule has 21 heavy (non-hydrogen) atoms. The van der Waals surface area contributed by atoms with Crippen LogP contribution in [-0.4, -0.2) is 0 Å². The number of rotatable bonds is 2. The minimum absolute atomic E-state index is 0.0902. The summed E-state index contributed by atoms with van der Waals surface area (Å²) in [5, 5.41) is 0. The highest BCUT2D eigenvalue weighted by molar-refractivity contribution is 5.37. The Morgan fingerprint density at radius 2 is 1.38 bits per heavy atom. The van der Waals surface area contributed by atoms with Gasteiger partial charge in [0.15, 0.2) is 0 Å². The fourth-order valence-electron chi connectivity index (χ4n) is 2.79. The van der Waals surface area contributed by atoms with Crippen molar-refractivity contribution in [1.82, 2.24) is 0 Å². The van der Waals surface area contributed by atoms with Gasteiger partial charge in [0, 0.05) is 0 Å². The van der Waals surface area contributed by atoms with E-state index in [1.807, 2.05) is 24.3 Å². The molecule has 0 saturated carbocycles. The summed E-state index contributed by atoms with van der Waals surface area (Å²) in [5.74, 6) is 0. The van der Waals surface area contributed by atoms with Crippen LogP contribution < -0.4 is 0 Å². The Labute approximate surface area is 126 Å². The zero-order valence-corrected chi connectivity index (χ0v) is 12.2. The third kappa shape index (κ3) is 2.98. The normalized spacial score (nSPS) is 22.9. The van der Waals surface area contributed by atoms with Crippen LogP contribution in [0.2, 0.25) is 0 Å². The molecule has 2 aromatic carbocycles. The summed E-state index contributed by atoms with van der Waals surface area (Å²) in [6.45, 7) is 8.40. The van der Waals surface area contributed by atoms with Crippen LogP contribution in [0.4, 0.5) is 0 Å². The van der Waals surface area contributed by atoms with Gasteiger partial charge in [0.1, 0.15) is 6.10 Å². The predicted octanol–water partition coefficient (Wildman–Crippen LogP) is 5.39. The molecule has 2 atom stereocenters. The molecule has 3 rings (SSSR count). The number of hydrogen-bond donors (Lipinski definition) is 0. The van der Waals surface area contributed by atoms with E-state index in [1.54, 1.807) is 0 Å². The molecular weight excluding hydrogens is 256 g/mol. The topological polar surface area (TPSA) is 9.23 Å². The monoisotopic (exact) mass is 276 g/mol. The van der Waals surface area contributed by atoms with E-state index in [1.165, 1.54) is 5.56 Å². The van der Waals surface area contributed by atoms with Crippen LogP contribution in [0, 0.1) is 0 Å². The first-order chi connectivity index (χ1) is 10.3. The van der Waals surface area contributed by atoms with E-state index in [9.17, 15) is 0 Å². The second-order valence-electron chi connectivity index (χ2n) is 5.49.